The Morgan fingerprint density at radius 3 is 2.64 bits per heavy atom. The van der Waals surface area contributed by atoms with Crippen molar-refractivity contribution in [3.05, 3.63) is 41.2 Å². The summed E-state index contributed by atoms with van der Waals surface area (Å²) in [6.07, 6.45) is 2.56. The third-order valence-electron chi connectivity index (χ3n) is 6.03. The molecule has 0 spiro atoms. The Kier molecular flexibility index (Phi) is 10.7. The smallest absolute Gasteiger partial charge is 0.255 e. The van der Waals surface area contributed by atoms with Crippen molar-refractivity contribution in [1.82, 2.24) is 36.3 Å². The van der Waals surface area contributed by atoms with Crippen molar-refractivity contribution in [3.63, 3.8) is 0 Å². The van der Waals surface area contributed by atoms with Crippen LogP contribution in [0.15, 0.2) is 24.4 Å². The van der Waals surface area contributed by atoms with E-state index in [1.54, 1.807) is 18.3 Å². The molecular weight excluding hydrogens is 526 g/mol. The molecule has 0 fully saturated rings. The fourth-order valence-corrected chi connectivity index (χ4v) is 4.28. The van der Waals surface area contributed by atoms with Gasteiger partial charge in [-0.15, -0.1) is 5.10 Å². The normalized spacial score (nSPS) is 22.3. The number of hydrogen-bond donors (Lipinski definition) is 5. The molecule has 14 heteroatoms. The maximum atomic E-state index is 13.1. The van der Waals surface area contributed by atoms with Gasteiger partial charge in [0.05, 0.1) is 31.0 Å². The number of nitrogens with zero attached hydrogens (tertiary/aromatic N) is 3. The molecule has 0 saturated heterocycles. The van der Waals surface area contributed by atoms with Crippen molar-refractivity contribution in [2.75, 3.05) is 18.6 Å². The lowest BCUT2D eigenvalue weighted by Gasteiger charge is -2.25. The third kappa shape index (κ3) is 8.42. The van der Waals surface area contributed by atoms with Crippen molar-refractivity contribution in [1.29, 1.82) is 0 Å². The molecule has 1 aliphatic heterocycles. The first-order chi connectivity index (χ1) is 18.6. The summed E-state index contributed by atoms with van der Waals surface area (Å²) in [6.45, 7) is 5.25. The zero-order chi connectivity index (χ0) is 28.5. The molecule has 0 saturated carbocycles. The van der Waals surface area contributed by atoms with Crippen molar-refractivity contribution < 1.29 is 29.0 Å². The number of carbonyl (C=O) groups is 4. The predicted molar refractivity (Wildman–Crippen MR) is 144 cm³/mol. The van der Waals surface area contributed by atoms with Crippen LogP contribution in [0.5, 0.6) is 5.75 Å². The molecule has 212 valence electrons. The number of ether oxygens (including phenoxy) is 1. The molecule has 13 nitrogen and oxygen atoms in total. The van der Waals surface area contributed by atoms with Gasteiger partial charge in [-0.1, -0.05) is 16.8 Å². The predicted octanol–water partition coefficient (Wildman–Crippen LogP) is -0.483. The summed E-state index contributed by atoms with van der Waals surface area (Å²) in [5.41, 5.74) is 1.56. The Labute approximate surface area is 230 Å². The maximum Gasteiger partial charge on any atom is 0.255 e. The van der Waals surface area contributed by atoms with Crippen LogP contribution >= 0.6 is 11.8 Å². The van der Waals surface area contributed by atoms with E-state index in [1.807, 2.05) is 19.2 Å². The average Bonchev–Trinajstić information content (AvgIpc) is 3.35. The number of aryl methyl sites for hydroxylation is 1. The van der Waals surface area contributed by atoms with Crippen molar-refractivity contribution in [2.45, 2.75) is 64.5 Å². The molecule has 4 amide bonds. The molecular formula is C25H35N7O6S. The molecule has 1 aromatic heterocycles. The molecule has 3 rings (SSSR count). The number of rotatable bonds is 4. The summed E-state index contributed by atoms with van der Waals surface area (Å²) in [6, 6.07) is 1.92. The number of aromatic nitrogens is 3. The molecule has 1 aliphatic rings. The maximum absolute atomic E-state index is 13.1. The highest BCUT2D eigenvalue weighted by Crippen LogP contribution is 2.20. The van der Waals surface area contributed by atoms with Gasteiger partial charge in [0.1, 0.15) is 36.2 Å². The van der Waals surface area contributed by atoms with Crippen molar-refractivity contribution in [2.24, 2.45) is 0 Å². The van der Waals surface area contributed by atoms with Gasteiger partial charge in [-0.3, -0.25) is 19.2 Å². The van der Waals surface area contributed by atoms with E-state index in [4.69, 9.17) is 4.74 Å². The topological polar surface area (TPSA) is 177 Å². The molecule has 39 heavy (non-hydrogen) atoms. The van der Waals surface area contributed by atoms with Crippen LogP contribution in [0, 0.1) is 6.92 Å². The van der Waals surface area contributed by atoms with Crippen LogP contribution in [0.4, 0.5) is 0 Å². The Balaban J connectivity index is 1.90. The van der Waals surface area contributed by atoms with Crippen LogP contribution in [0.3, 0.4) is 0 Å². The number of aliphatic hydroxyl groups is 1. The van der Waals surface area contributed by atoms with E-state index in [1.165, 1.54) is 30.3 Å². The Hall–Kier alpha value is -3.65. The molecule has 5 N–H and O–H groups in total. The number of thioether (sulfide) groups is 1. The van der Waals surface area contributed by atoms with Crippen LogP contribution in [0.25, 0.3) is 0 Å². The molecule has 0 aliphatic carbocycles. The van der Waals surface area contributed by atoms with Gasteiger partial charge >= 0.3 is 0 Å². The highest BCUT2D eigenvalue weighted by molar-refractivity contribution is 7.98. The summed E-state index contributed by atoms with van der Waals surface area (Å²) in [7, 11) is 0. The lowest BCUT2D eigenvalue weighted by atomic mass is 10.1. The van der Waals surface area contributed by atoms with Crippen LogP contribution in [-0.4, -0.2) is 86.6 Å². The standard InChI is InChI=1S/C25H35N7O6S/c1-14-5-6-20-18(11-14)23(35)27-15(2)22(34)28-19(7-10-39-4)24(36)29-21(16(3)33)25(37)26-12-17-13-32(31-30-17)8-9-38-20/h5-6,11,13,15-16,19,21,33H,7-10,12H2,1-4H3,(H,26,37)(H,27,35)(H,28,34)(H,29,36)/t15-,16+,19-,21-/m0/s1. The number of amides is 4. The van der Waals surface area contributed by atoms with Crippen LogP contribution in [0.2, 0.25) is 0 Å². The van der Waals surface area contributed by atoms with Gasteiger partial charge in [0.25, 0.3) is 5.91 Å². The van der Waals surface area contributed by atoms with E-state index in [0.717, 1.165) is 5.56 Å². The van der Waals surface area contributed by atoms with Gasteiger partial charge in [-0.05, 0) is 51.3 Å². The fraction of sp³-hybridized carbons (Fsp3) is 0.520. The summed E-state index contributed by atoms with van der Waals surface area (Å²) >= 11 is 1.48. The number of benzene rings is 1. The summed E-state index contributed by atoms with van der Waals surface area (Å²) in [5.74, 6) is -1.45. The molecule has 0 unspecified atom stereocenters. The molecule has 2 aromatic rings. The first kappa shape index (κ1) is 29.9. The quantitative estimate of drug-likeness (QED) is 0.330. The van der Waals surface area contributed by atoms with E-state index in [9.17, 15) is 24.3 Å². The van der Waals surface area contributed by atoms with Crippen LogP contribution < -0.4 is 26.0 Å². The van der Waals surface area contributed by atoms with Gasteiger partial charge in [0.2, 0.25) is 17.7 Å². The summed E-state index contributed by atoms with van der Waals surface area (Å²) < 4.78 is 7.39. The first-order valence-electron chi connectivity index (χ1n) is 12.6. The van der Waals surface area contributed by atoms with Crippen molar-refractivity contribution in [3.8, 4) is 5.75 Å². The molecule has 1 aromatic carbocycles. The number of aliphatic hydroxyl groups excluding tert-OH is 1. The summed E-state index contributed by atoms with van der Waals surface area (Å²) in [5, 5.41) is 28.8. The third-order valence-corrected chi connectivity index (χ3v) is 6.68. The molecule has 2 bridgehead atoms. The number of carbonyl (C=O) groups excluding carboxylic acids is 4. The van der Waals surface area contributed by atoms with Gasteiger partial charge in [-0.25, -0.2) is 4.68 Å². The lowest BCUT2D eigenvalue weighted by molar-refractivity contribution is -0.134. The molecule has 0 radical (unpaired) electrons. The average molecular weight is 562 g/mol. The van der Waals surface area contributed by atoms with Gasteiger partial charge < -0.3 is 31.1 Å². The largest absolute Gasteiger partial charge is 0.491 e. The Bertz CT molecular complexity index is 1190. The van der Waals surface area contributed by atoms with E-state index < -0.39 is 47.9 Å². The van der Waals surface area contributed by atoms with E-state index in [-0.39, 0.29) is 25.1 Å². The minimum atomic E-state index is -1.27. The Morgan fingerprint density at radius 1 is 1.15 bits per heavy atom. The molecule has 2 heterocycles. The summed E-state index contributed by atoms with van der Waals surface area (Å²) in [4.78, 5) is 52.0. The van der Waals surface area contributed by atoms with Crippen LogP contribution in [0.1, 0.15) is 41.9 Å². The lowest BCUT2D eigenvalue weighted by Crippen LogP contribution is -2.58. The first-order valence-corrected chi connectivity index (χ1v) is 14.0. The highest BCUT2D eigenvalue weighted by atomic mass is 32.2. The van der Waals surface area contributed by atoms with Gasteiger partial charge in [0, 0.05) is 0 Å². The van der Waals surface area contributed by atoms with Crippen LogP contribution in [-0.2, 0) is 27.5 Å². The number of nitrogens with one attached hydrogen (secondary N) is 4. The SMILES string of the molecule is CSCC[C@@H]1NC(=O)[C@H](C)NC(=O)c2cc(C)ccc2OCCn2cc(nn2)CNC(=O)[C@H]([C@@H](C)O)NC1=O. The number of fused-ring (bicyclic) bond motifs is 3. The number of hydrogen-bond acceptors (Lipinski definition) is 9. The zero-order valence-corrected chi connectivity index (χ0v) is 23.2. The van der Waals surface area contributed by atoms with E-state index in [0.29, 0.717) is 23.7 Å². The Morgan fingerprint density at radius 2 is 1.92 bits per heavy atom. The monoisotopic (exact) mass is 561 g/mol. The minimum Gasteiger partial charge on any atom is -0.491 e. The fourth-order valence-electron chi connectivity index (χ4n) is 3.81. The zero-order valence-electron chi connectivity index (χ0n) is 22.4. The second-order valence-electron chi connectivity index (χ2n) is 9.30. The van der Waals surface area contributed by atoms with E-state index >= 15 is 0 Å². The van der Waals surface area contributed by atoms with Gasteiger partial charge in [-0.2, -0.15) is 11.8 Å². The second-order valence-corrected chi connectivity index (χ2v) is 10.3. The minimum absolute atomic E-state index is 0.0191. The highest BCUT2D eigenvalue weighted by Gasteiger charge is 2.31. The second kappa shape index (κ2) is 13.9. The molecule has 4 atom stereocenters. The van der Waals surface area contributed by atoms with Gasteiger partial charge in [0.15, 0.2) is 0 Å². The van der Waals surface area contributed by atoms with Crippen molar-refractivity contribution >= 4 is 35.4 Å². The van der Waals surface area contributed by atoms with E-state index in [2.05, 4.69) is 31.6 Å².